The number of halogens is 1. The zero-order valence-electron chi connectivity index (χ0n) is 9.40. The van der Waals surface area contributed by atoms with E-state index in [1.54, 1.807) is 13.8 Å². The Hall–Kier alpha value is -0.300. The van der Waals surface area contributed by atoms with Gasteiger partial charge in [-0.25, -0.2) is 8.42 Å². The number of hydrogen-bond acceptors (Lipinski definition) is 3. The number of hydrogen-bond donors (Lipinski definition) is 1. The normalized spacial score (nSPS) is 11.8. The molecule has 1 aromatic carbocycles. The highest BCUT2D eigenvalue weighted by Crippen LogP contribution is 2.12. The molecule has 16 heavy (non-hydrogen) atoms. The Kier molecular flexibility index (Phi) is 5.04. The van der Waals surface area contributed by atoms with Crippen LogP contribution in [0.5, 0.6) is 0 Å². The average Bonchev–Trinajstić information content (AvgIpc) is 2.17. The molecule has 0 aliphatic rings. The minimum atomic E-state index is -2.94. The van der Waals surface area contributed by atoms with E-state index in [-0.39, 0.29) is 11.0 Å². The molecule has 0 saturated carbocycles. The molecular formula is C11H16INO2S. The second-order valence-electron chi connectivity index (χ2n) is 3.85. The van der Waals surface area contributed by atoms with E-state index < -0.39 is 9.84 Å². The van der Waals surface area contributed by atoms with Crippen LogP contribution in [0.25, 0.3) is 0 Å². The summed E-state index contributed by atoms with van der Waals surface area (Å²) in [4.78, 5) is 0. The lowest BCUT2D eigenvalue weighted by atomic mass is 10.3. The molecule has 90 valence electrons. The van der Waals surface area contributed by atoms with Crippen LogP contribution in [0, 0.1) is 3.57 Å². The predicted octanol–water partition coefficient (Wildman–Crippen LogP) is 2.53. The molecule has 0 saturated heterocycles. The van der Waals surface area contributed by atoms with Crippen LogP contribution in [0.15, 0.2) is 24.3 Å². The van der Waals surface area contributed by atoms with E-state index in [0.29, 0.717) is 6.54 Å². The first-order valence-corrected chi connectivity index (χ1v) is 7.92. The van der Waals surface area contributed by atoms with Crippen molar-refractivity contribution in [3.05, 3.63) is 27.8 Å². The molecule has 0 fully saturated rings. The maximum absolute atomic E-state index is 11.5. The van der Waals surface area contributed by atoms with Gasteiger partial charge in [0.2, 0.25) is 0 Å². The van der Waals surface area contributed by atoms with Gasteiger partial charge in [0.1, 0.15) is 0 Å². The van der Waals surface area contributed by atoms with E-state index in [1.807, 2.05) is 24.3 Å². The first-order chi connectivity index (χ1) is 7.42. The van der Waals surface area contributed by atoms with Crippen molar-refractivity contribution in [3.8, 4) is 0 Å². The number of rotatable bonds is 5. The lowest BCUT2D eigenvalue weighted by Gasteiger charge is -2.09. The fourth-order valence-electron chi connectivity index (χ4n) is 1.17. The Morgan fingerprint density at radius 3 is 2.62 bits per heavy atom. The predicted molar refractivity (Wildman–Crippen MR) is 76.6 cm³/mol. The van der Waals surface area contributed by atoms with E-state index in [2.05, 4.69) is 27.9 Å². The van der Waals surface area contributed by atoms with Gasteiger partial charge in [-0.1, -0.05) is 6.07 Å². The fraction of sp³-hybridized carbons (Fsp3) is 0.455. The third-order valence-electron chi connectivity index (χ3n) is 2.26. The van der Waals surface area contributed by atoms with E-state index >= 15 is 0 Å². The highest BCUT2D eigenvalue weighted by Gasteiger charge is 2.14. The number of anilines is 1. The summed E-state index contributed by atoms with van der Waals surface area (Å²) < 4.78 is 24.2. The van der Waals surface area contributed by atoms with Gasteiger partial charge in [-0.05, 0) is 54.6 Å². The minimum absolute atomic E-state index is 0.177. The Morgan fingerprint density at radius 2 is 2.06 bits per heavy atom. The van der Waals surface area contributed by atoms with Gasteiger partial charge in [-0.2, -0.15) is 0 Å². The lowest BCUT2D eigenvalue weighted by Crippen LogP contribution is -2.22. The topological polar surface area (TPSA) is 46.2 Å². The third kappa shape index (κ3) is 4.29. The molecule has 5 heteroatoms. The van der Waals surface area contributed by atoms with Crippen LogP contribution in [0.1, 0.15) is 13.8 Å². The molecule has 3 nitrogen and oxygen atoms in total. The smallest absolute Gasteiger partial charge is 0.154 e. The molecule has 0 radical (unpaired) electrons. The highest BCUT2D eigenvalue weighted by molar-refractivity contribution is 14.1. The lowest BCUT2D eigenvalue weighted by molar-refractivity contribution is 0.588. The van der Waals surface area contributed by atoms with Crippen molar-refractivity contribution in [3.63, 3.8) is 0 Å². The summed E-state index contributed by atoms with van der Waals surface area (Å²) in [7, 11) is -2.94. The van der Waals surface area contributed by atoms with Crippen LogP contribution in [-0.2, 0) is 9.84 Å². The average molecular weight is 353 g/mol. The fourth-order valence-corrected chi connectivity index (χ4v) is 2.57. The highest BCUT2D eigenvalue weighted by atomic mass is 127. The molecule has 0 bridgehead atoms. The van der Waals surface area contributed by atoms with Crippen molar-refractivity contribution in [2.75, 3.05) is 17.6 Å². The number of sulfone groups is 1. The van der Waals surface area contributed by atoms with Crippen molar-refractivity contribution in [1.82, 2.24) is 0 Å². The van der Waals surface area contributed by atoms with Gasteiger partial charge in [-0.3, -0.25) is 0 Å². The minimum Gasteiger partial charge on any atom is -0.384 e. The van der Waals surface area contributed by atoms with Crippen molar-refractivity contribution in [2.24, 2.45) is 0 Å². The van der Waals surface area contributed by atoms with Crippen molar-refractivity contribution >= 4 is 38.1 Å². The van der Waals surface area contributed by atoms with Crippen molar-refractivity contribution in [1.29, 1.82) is 0 Å². The summed E-state index contributed by atoms with van der Waals surface area (Å²) in [5.41, 5.74) is 0.964. The molecule has 1 N–H and O–H groups in total. The van der Waals surface area contributed by atoms with Gasteiger partial charge in [-0.15, -0.1) is 0 Å². The van der Waals surface area contributed by atoms with E-state index in [1.165, 1.54) is 0 Å². The van der Waals surface area contributed by atoms with Gasteiger partial charge in [0.25, 0.3) is 0 Å². The Labute approximate surface area is 111 Å². The van der Waals surface area contributed by atoms with Crippen LogP contribution in [0.2, 0.25) is 0 Å². The third-order valence-corrected chi connectivity index (χ3v) is 5.14. The molecule has 0 heterocycles. The first kappa shape index (κ1) is 13.8. The van der Waals surface area contributed by atoms with Crippen LogP contribution in [0.4, 0.5) is 5.69 Å². The maximum atomic E-state index is 11.5. The molecule has 0 aromatic heterocycles. The first-order valence-electron chi connectivity index (χ1n) is 5.13. The second kappa shape index (κ2) is 5.86. The van der Waals surface area contributed by atoms with E-state index in [9.17, 15) is 8.42 Å². The largest absolute Gasteiger partial charge is 0.384 e. The van der Waals surface area contributed by atoms with Gasteiger partial charge in [0.05, 0.1) is 11.0 Å². The maximum Gasteiger partial charge on any atom is 0.154 e. The van der Waals surface area contributed by atoms with Gasteiger partial charge in [0.15, 0.2) is 9.84 Å². The van der Waals surface area contributed by atoms with Crippen molar-refractivity contribution in [2.45, 2.75) is 19.1 Å². The molecule has 0 unspecified atom stereocenters. The Bertz CT molecular complexity index is 443. The second-order valence-corrected chi connectivity index (χ2v) is 7.78. The number of benzene rings is 1. The molecular weight excluding hydrogens is 337 g/mol. The quantitative estimate of drug-likeness (QED) is 0.828. The molecule has 0 aliphatic carbocycles. The summed E-state index contributed by atoms with van der Waals surface area (Å²) in [5, 5.41) is 2.81. The summed E-state index contributed by atoms with van der Waals surface area (Å²) in [5.74, 6) is 0.177. The molecule has 0 aliphatic heterocycles. The summed E-state index contributed by atoms with van der Waals surface area (Å²) in [6.45, 7) is 3.88. The molecule has 1 aromatic rings. The zero-order valence-corrected chi connectivity index (χ0v) is 12.4. The van der Waals surface area contributed by atoms with Crippen LogP contribution < -0.4 is 5.32 Å². The molecule has 0 amide bonds. The van der Waals surface area contributed by atoms with Gasteiger partial charge >= 0.3 is 0 Å². The SMILES string of the molecule is CC(C)S(=O)(=O)CCNc1cccc(I)c1. The van der Waals surface area contributed by atoms with Crippen LogP contribution in [0.3, 0.4) is 0 Å². The van der Waals surface area contributed by atoms with Gasteiger partial charge in [0, 0.05) is 15.8 Å². The molecule has 0 spiro atoms. The summed E-state index contributed by atoms with van der Waals surface area (Å²) >= 11 is 2.23. The number of nitrogens with one attached hydrogen (secondary N) is 1. The molecule has 0 atom stereocenters. The zero-order chi connectivity index (χ0) is 12.2. The van der Waals surface area contributed by atoms with Crippen LogP contribution in [-0.4, -0.2) is 26.0 Å². The standard InChI is InChI=1S/C11H16INO2S/c1-9(2)16(14,15)7-6-13-11-5-3-4-10(12)8-11/h3-5,8-9,13H,6-7H2,1-2H3. The Morgan fingerprint density at radius 1 is 1.38 bits per heavy atom. The Balaban J connectivity index is 2.48. The van der Waals surface area contributed by atoms with E-state index in [4.69, 9.17) is 0 Å². The molecule has 1 rings (SSSR count). The monoisotopic (exact) mass is 353 g/mol. The summed E-state index contributed by atoms with van der Waals surface area (Å²) in [6, 6.07) is 7.87. The summed E-state index contributed by atoms with van der Waals surface area (Å²) in [6.07, 6.45) is 0. The van der Waals surface area contributed by atoms with Crippen molar-refractivity contribution < 1.29 is 8.42 Å². The van der Waals surface area contributed by atoms with Gasteiger partial charge < -0.3 is 5.32 Å². The van der Waals surface area contributed by atoms with E-state index in [0.717, 1.165) is 9.26 Å². The van der Waals surface area contributed by atoms with Crippen LogP contribution >= 0.6 is 22.6 Å².